The highest BCUT2D eigenvalue weighted by Gasteiger charge is 2.25. The molecule has 0 bridgehead atoms. The second-order valence-corrected chi connectivity index (χ2v) is 6.89. The van der Waals surface area contributed by atoms with E-state index in [0.717, 1.165) is 23.5 Å². The molecule has 5 rings (SSSR count). The number of hydrogen-bond acceptors (Lipinski definition) is 4. The van der Waals surface area contributed by atoms with Crippen molar-refractivity contribution in [1.29, 1.82) is 0 Å². The predicted octanol–water partition coefficient (Wildman–Crippen LogP) is 5.57. The van der Waals surface area contributed by atoms with Gasteiger partial charge in [-0.05, 0) is 36.4 Å². The largest absolute Gasteiger partial charge is 0.335 e. The highest BCUT2D eigenvalue weighted by molar-refractivity contribution is 7.16. The Morgan fingerprint density at radius 3 is 2.68 bits per heavy atom. The van der Waals surface area contributed by atoms with Gasteiger partial charge in [-0.3, -0.25) is 4.99 Å². The zero-order chi connectivity index (χ0) is 16.6. The normalized spacial score (nSPS) is 15.0. The zero-order valence-electron chi connectivity index (χ0n) is 13.5. The molecule has 120 valence electrons. The fraction of sp³-hybridized carbons (Fsp3) is 0.0476. The highest BCUT2D eigenvalue weighted by Crippen LogP contribution is 2.35. The molecular weight excluding hydrogens is 326 g/mol. The molecule has 0 aliphatic carbocycles. The van der Waals surface area contributed by atoms with E-state index < -0.39 is 0 Å². The number of rotatable bonds is 2. The number of aliphatic imine (C=N–C) groups is 1. The minimum atomic E-state index is 0.782. The van der Waals surface area contributed by atoms with Crippen LogP contribution in [0, 0.1) is 0 Å². The Morgan fingerprint density at radius 2 is 1.76 bits per heavy atom. The first-order chi connectivity index (χ1) is 12.4. The lowest BCUT2D eigenvalue weighted by Gasteiger charge is -2.18. The van der Waals surface area contributed by atoms with Crippen LogP contribution in [0.15, 0.2) is 83.3 Å². The van der Waals surface area contributed by atoms with E-state index in [1.807, 2.05) is 23.7 Å². The third-order valence-corrected chi connectivity index (χ3v) is 5.25. The van der Waals surface area contributed by atoms with Crippen molar-refractivity contribution in [2.45, 2.75) is 0 Å². The number of anilines is 2. The Bertz CT molecular complexity index is 1080. The van der Waals surface area contributed by atoms with Gasteiger partial charge in [-0.1, -0.05) is 36.4 Å². The van der Waals surface area contributed by atoms with E-state index in [-0.39, 0.29) is 0 Å². The number of benzene rings is 3. The van der Waals surface area contributed by atoms with Gasteiger partial charge in [0.2, 0.25) is 0 Å². The molecule has 0 amide bonds. The Morgan fingerprint density at radius 1 is 0.920 bits per heavy atom. The average Bonchev–Trinajstić information content (AvgIpc) is 3.27. The van der Waals surface area contributed by atoms with Crippen LogP contribution in [0.5, 0.6) is 0 Å². The van der Waals surface area contributed by atoms with E-state index in [1.165, 1.54) is 21.6 Å². The molecule has 0 fully saturated rings. The summed E-state index contributed by atoms with van der Waals surface area (Å²) in [6.45, 7) is 0.782. The number of nitrogens with zero attached hydrogens (tertiary/aromatic N) is 3. The summed E-state index contributed by atoms with van der Waals surface area (Å²) in [5, 5.41) is 0. The lowest BCUT2D eigenvalue weighted by atomic mass is 10.1. The second-order valence-electron chi connectivity index (χ2n) is 6.00. The maximum absolute atomic E-state index is 4.96. The molecule has 1 aliphatic rings. The molecule has 1 aliphatic heterocycles. The van der Waals surface area contributed by atoms with E-state index in [0.29, 0.717) is 0 Å². The van der Waals surface area contributed by atoms with Crippen molar-refractivity contribution in [3.8, 4) is 0 Å². The molecule has 0 atom stereocenters. The van der Waals surface area contributed by atoms with Gasteiger partial charge in [0.05, 0.1) is 39.4 Å². The van der Waals surface area contributed by atoms with E-state index in [4.69, 9.17) is 4.99 Å². The number of para-hydroxylation sites is 2. The molecule has 0 radical (unpaired) electrons. The fourth-order valence-corrected chi connectivity index (χ4v) is 3.99. The summed E-state index contributed by atoms with van der Waals surface area (Å²) in [5.74, 6) is 0. The molecule has 4 aromatic rings. The third kappa shape index (κ3) is 2.51. The minimum absolute atomic E-state index is 0.782. The first-order valence-corrected chi connectivity index (χ1v) is 9.09. The molecule has 0 saturated heterocycles. The van der Waals surface area contributed by atoms with Crippen molar-refractivity contribution < 1.29 is 0 Å². The Hall–Kier alpha value is -2.98. The Labute approximate surface area is 149 Å². The van der Waals surface area contributed by atoms with Gasteiger partial charge in [-0.2, -0.15) is 0 Å². The van der Waals surface area contributed by atoms with Crippen molar-refractivity contribution in [3.63, 3.8) is 0 Å². The highest BCUT2D eigenvalue weighted by atomic mass is 32.1. The summed E-state index contributed by atoms with van der Waals surface area (Å²) in [6, 6.07) is 25.2. The lowest BCUT2D eigenvalue weighted by molar-refractivity contribution is 1.17. The van der Waals surface area contributed by atoms with Crippen molar-refractivity contribution in [2.24, 2.45) is 4.99 Å². The van der Waals surface area contributed by atoms with E-state index in [9.17, 15) is 0 Å². The van der Waals surface area contributed by atoms with Crippen molar-refractivity contribution >= 4 is 44.3 Å². The molecule has 25 heavy (non-hydrogen) atoms. The van der Waals surface area contributed by atoms with Crippen LogP contribution in [0.1, 0.15) is 5.56 Å². The SMILES string of the molecule is c1ccc(N2CC(=Nc3ccc4ncsc4c3)c3ccccc32)cc1. The van der Waals surface area contributed by atoms with Crippen LogP contribution in [0.3, 0.4) is 0 Å². The maximum atomic E-state index is 4.96. The standard InChI is InChI=1S/C21H15N3S/c1-2-6-16(7-3-1)24-13-19(17-8-4-5-9-20(17)24)23-15-10-11-18-21(12-15)25-14-22-18/h1-12,14H,13H2. The number of fused-ring (bicyclic) bond motifs is 2. The summed E-state index contributed by atoms with van der Waals surface area (Å²) in [4.78, 5) is 11.6. The maximum Gasteiger partial charge on any atom is 0.0813 e. The van der Waals surface area contributed by atoms with Crippen LogP contribution in [0.25, 0.3) is 10.2 Å². The average molecular weight is 341 g/mol. The summed E-state index contributed by atoms with van der Waals surface area (Å²) < 4.78 is 1.17. The van der Waals surface area contributed by atoms with Crippen LogP contribution in [0.2, 0.25) is 0 Å². The van der Waals surface area contributed by atoms with Gasteiger partial charge < -0.3 is 4.90 Å². The van der Waals surface area contributed by atoms with Crippen LogP contribution in [-0.4, -0.2) is 17.2 Å². The van der Waals surface area contributed by atoms with Gasteiger partial charge in [-0.15, -0.1) is 11.3 Å². The van der Waals surface area contributed by atoms with Gasteiger partial charge in [0, 0.05) is 11.3 Å². The summed E-state index contributed by atoms with van der Waals surface area (Å²) in [5.41, 5.74) is 8.61. The first-order valence-electron chi connectivity index (χ1n) is 8.21. The first kappa shape index (κ1) is 14.4. The van der Waals surface area contributed by atoms with Gasteiger partial charge in [0.1, 0.15) is 0 Å². The smallest absolute Gasteiger partial charge is 0.0813 e. The van der Waals surface area contributed by atoms with Gasteiger partial charge in [0.15, 0.2) is 0 Å². The van der Waals surface area contributed by atoms with Crippen molar-refractivity contribution in [3.05, 3.63) is 83.9 Å². The zero-order valence-corrected chi connectivity index (χ0v) is 14.3. The number of hydrogen-bond donors (Lipinski definition) is 0. The summed E-state index contributed by atoms with van der Waals surface area (Å²) in [6.07, 6.45) is 0. The molecular formula is C21H15N3S. The number of aromatic nitrogens is 1. The Kier molecular flexibility index (Phi) is 3.35. The molecule has 4 heteroatoms. The van der Waals surface area contributed by atoms with E-state index >= 15 is 0 Å². The topological polar surface area (TPSA) is 28.5 Å². The van der Waals surface area contributed by atoms with Crippen molar-refractivity contribution in [2.75, 3.05) is 11.4 Å². The van der Waals surface area contributed by atoms with Crippen LogP contribution in [-0.2, 0) is 0 Å². The van der Waals surface area contributed by atoms with E-state index in [1.54, 1.807) is 11.3 Å². The van der Waals surface area contributed by atoms with Crippen LogP contribution < -0.4 is 4.90 Å². The summed E-state index contributed by atoms with van der Waals surface area (Å²) in [7, 11) is 0. The summed E-state index contributed by atoms with van der Waals surface area (Å²) >= 11 is 1.65. The molecule has 2 heterocycles. The molecule has 3 nitrogen and oxygen atoms in total. The van der Waals surface area contributed by atoms with Crippen LogP contribution in [0.4, 0.5) is 17.1 Å². The molecule has 0 saturated carbocycles. The molecule has 3 aromatic carbocycles. The third-order valence-electron chi connectivity index (χ3n) is 4.46. The monoisotopic (exact) mass is 341 g/mol. The predicted molar refractivity (Wildman–Crippen MR) is 106 cm³/mol. The van der Waals surface area contributed by atoms with Gasteiger partial charge >= 0.3 is 0 Å². The Balaban J connectivity index is 1.60. The number of thiazole rings is 1. The van der Waals surface area contributed by atoms with Crippen molar-refractivity contribution in [1.82, 2.24) is 4.98 Å². The fourth-order valence-electron chi connectivity index (χ4n) is 3.28. The van der Waals surface area contributed by atoms with Gasteiger partial charge in [0.25, 0.3) is 0 Å². The van der Waals surface area contributed by atoms with Gasteiger partial charge in [-0.25, -0.2) is 4.98 Å². The molecule has 0 N–H and O–H groups in total. The minimum Gasteiger partial charge on any atom is -0.335 e. The molecule has 0 spiro atoms. The molecule has 1 aromatic heterocycles. The quantitative estimate of drug-likeness (QED) is 0.477. The van der Waals surface area contributed by atoms with E-state index in [2.05, 4.69) is 64.5 Å². The second kappa shape index (κ2) is 5.83. The lowest BCUT2D eigenvalue weighted by Crippen LogP contribution is -2.16. The molecule has 0 unspecified atom stereocenters. The van der Waals surface area contributed by atoms with Crippen LogP contribution >= 0.6 is 11.3 Å².